The molecule has 1 aliphatic rings. The van der Waals surface area contributed by atoms with Crippen molar-refractivity contribution in [3.63, 3.8) is 0 Å². The fourth-order valence-corrected chi connectivity index (χ4v) is 2.14. The van der Waals surface area contributed by atoms with Crippen molar-refractivity contribution in [1.29, 1.82) is 0 Å². The topological polar surface area (TPSA) is 64.8 Å². The number of pyridine rings is 1. The lowest BCUT2D eigenvalue weighted by Crippen LogP contribution is -2.26. The number of nitrogens with one attached hydrogen (secondary N) is 2. The summed E-state index contributed by atoms with van der Waals surface area (Å²) in [4.78, 5) is 23.2. The zero-order chi connectivity index (χ0) is 11.0. The van der Waals surface area contributed by atoms with E-state index in [9.17, 15) is 4.79 Å². The fraction of sp³-hybridized carbons (Fsp3) is 0.273. The Morgan fingerprint density at radius 1 is 1.38 bits per heavy atom. The zero-order valence-corrected chi connectivity index (χ0v) is 8.73. The highest BCUT2D eigenvalue weighted by molar-refractivity contribution is 5.63. The standard InChI is InChI=1S/C11H12N4O/c16-11-4-9-8(5-13-11)2-1-3-15(9)10-6-12-7-14-10/h4-7H,1-3H2,(H,12,14)(H,13,16). The monoisotopic (exact) mass is 216 g/mol. The molecule has 0 unspecified atom stereocenters. The molecule has 2 aromatic heterocycles. The third-order valence-electron chi connectivity index (χ3n) is 2.88. The van der Waals surface area contributed by atoms with Gasteiger partial charge in [-0.3, -0.25) is 4.79 Å². The summed E-state index contributed by atoms with van der Waals surface area (Å²) in [7, 11) is 0. The summed E-state index contributed by atoms with van der Waals surface area (Å²) in [6.45, 7) is 0.915. The Morgan fingerprint density at radius 2 is 2.31 bits per heavy atom. The number of fused-ring (bicyclic) bond motifs is 1. The third-order valence-corrected chi connectivity index (χ3v) is 2.88. The van der Waals surface area contributed by atoms with Crippen molar-refractivity contribution >= 4 is 11.5 Å². The largest absolute Gasteiger partial charge is 0.331 e. The Labute approximate surface area is 92.1 Å². The van der Waals surface area contributed by atoms with Gasteiger partial charge in [-0.25, -0.2) is 4.98 Å². The Balaban J connectivity index is 2.12. The van der Waals surface area contributed by atoms with Gasteiger partial charge < -0.3 is 14.9 Å². The lowest BCUT2D eigenvalue weighted by molar-refractivity contribution is 0.755. The van der Waals surface area contributed by atoms with E-state index in [2.05, 4.69) is 19.9 Å². The highest BCUT2D eigenvalue weighted by Crippen LogP contribution is 2.30. The minimum atomic E-state index is -0.0647. The average Bonchev–Trinajstić information content (AvgIpc) is 2.81. The van der Waals surface area contributed by atoms with Crippen molar-refractivity contribution in [3.8, 4) is 0 Å². The van der Waals surface area contributed by atoms with Gasteiger partial charge in [0.15, 0.2) is 0 Å². The second kappa shape index (κ2) is 3.52. The molecule has 5 heteroatoms. The predicted molar refractivity (Wildman–Crippen MR) is 61.0 cm³/mol. The summed E-state index contributed by atoms with van der Waals surface area (Å²) >= 11 is 0. The first kappa shape index (κ1) is 9.21. The highest BCUT2D eigenvalue weighted by atomic mass is 16.1. The van der Waals surface area contributed by atoms with E-state index < -0.39 is 0 Å². The number of aromatic amines is 2. The molecule has 16 heavy (non-hydrogen) atoms. The molecular weight excluding hydrogens is 204 g/mol. The van der Waals surface area contributed by atoms with Crippen LogP contribution in [0.5, 0.6) is 0 Å². The van der Waals surface area contributed by atoms with Gasteiger partial charge in [-0.15, -0.1) is 0 Å². The van der Waals surface area contributed by atoms with E-state index in [-0.39, 0.29) is 5.56 Å². The number of rotatable bonds is 1. The molecule has 3 heterocycles. The number of hydrogen-bond donors (Lipinski definition) is 2. The molecule has 3 rings (SSSR count). The number of hydrogen-bond acceptors (Lipinski definition) is 3. The van der Waals surface area contributed by atoms with E-state index in [4.69, 9.17) is 0 Å². The molecule has 0 saturated heterocycles. The van der Waals surface area contributed by atoms with Crippen LogP contribution in [0.25, 0.3) is 0 Å². The van der Waals surface area contributed by atoms with Crippen LogP contribution in [0.15, 0.2) is 29.6 Å². The van der Waals surface area contributed by atoms with Gasteiger partial charge in [0, 0.05) is 18.8 Å². The number of aryl methyl sites for hydroxylation is 1. The first-order valence-corrected chi connectivity index (χ1v) is 5.32. The van der Waals surface area contributed by atoms with Crippen molar-refractivity contribution < 1.29 is 0 Å². The van der Waals surface area contributed by atoms with Crippen molar-refractivity contribution in [2.24, 2.45) is 0 Å². The summed E-state index contributed by atoms with van der Waals surface area (Å²) in [5.74, 6) is 0.937. The summed E-state index contributed by atoms with van der Waals surface area (Å²) in [6.07, 6.45) is 7.32. The van der Waals surface area contributed by atoms with Gasteiger partial charge in [0.25, 0.3) is 0 Å². The molecule has 82 valence electrons. The molecule has 0 bridgehead atoms. The van der Waals surface area contributed by atoms with Gasteiger partial charge in [0.05, 0.1) is 18.2 Å². The Morgan fingerprint density at radius 3 is 3.12 bits per heavy atom. The second-order valence-electron chi connectivity index (χ2n) is 3.90. The van der Waals surface area contributed by atoms with Crippen LogP contribution in [0, 0.1) is 0 Å². The van der Waals surface area contributed by atoms with Gasteiger partial charge >= 0.3 is 0 Å². The summed E-state index contributed by atoms with van der Waals surface area (Å²) in [6, 6.07) is 1.65. The minimum Gasteiger partial charge on any atom is -0.331 e. The molecule has 0 spiro atoms. The molecule has 5 nitrogen and oxygen atoms in total. The van der Waals surface area contributed by atoms with E-state index in [0.29, 0.717) is 0 Å². The number of imidazole rings is 1. The molecular formula is C11H12N4O. The molecule has 0 radical (unpaired) electrons. The molecule has 0 amide bonds. The molecule has 0 saturated carbocycles. The maximum atomic E-state index is 11.3. The number of nitrogens with zero attached hydrogens (tertiary/aromatic N) is 2. The molecule has 0 aliphatic carbocycles. The van der Waals surface area contributed by atoms with Crippen LogP contribution >= 0.6 is 0 Å². The summed E-state index contributed by atoms with van der Waals surface area (Å²) in [5.41, 5.74) is 2.10. The van der Waals surface area contributed by atoms with Crippen LogP contribution in [0.4, 0.5) is 11.5 Å². The molecule has 0 atom stereocenters. The maximum Gasteiger partial charge on any atom is 0.250 e. The van der Waals surface area contributed by atoms with Gasteiger partial charge in [0.2, 0.25) is 5.56 Å². The third kappa shape index (κ3) is 1.41. The van der Waals surface area contributed by atoms with Crippen molar-refractivity contribution in [3.05, 3.63) is 40.7 Å². The van der Waals surface area contributed by atoms with E-state index in [1.165, 1.54) is 5.56 Å². The minimum absolute atomic E-state index is 0.0647. The first-order chi connectivity index (χ1) is 7.84. The Kier molecular flexibility index (Phi) is 2.02. The van der Waals surface area contributed by atoms with E-state index in [1.54, 1.807) is 24.8 Å². The average molecular weight is 216 g/mol. The van der Waals surface area contributed by atoms with Crippen LogP contribution in [-0.2, 0) is 6.42 Å². The van der Waals surface area contributed by atoms with E-state index in [1.807, 2.05) is 0 Å². The predicted octanol–water partition coefficient (Wildman–Crippen LogP) is 1.18. The van der Waals surface area contributed by atoms with Gasteiger partial charge in [-0.1, -0.05) is 0 Å². The van der Waals surface area contributed by atoms with Crippen molar-refractivity contribution in [2.75, 3.05) is 11.4 Å². The zero-order valence-electron chi connectivity index (χ0n) is 8.73. The Bertz CT molecular complexity index is 543. The smallest absolute Gasteiger partial charge is 0.250 e. The number of aromatic nitrogens is 3. The molecule has 2 N–H and O–H groups in total. The number of H-pyrrole nitrogens is 2. The van der Waals surface area contributed by atoms with Crippen LogP contribution in [0.3, 0.4) is 0 Å². The lowest BCUT2D eigenvalue weighted by Gasteiger charge is -2.29. The van der Waals surface area contributed by atoms with E-state index >= 15 is 0 Å². The molecule has 1 aliphatic heterocycles. The summed E-state index contributed by atoms with van der Waals surface area (Å²) in [5, 5.41) is 0. The van der Waals surface area contributed by atoms with Crippen LogP contribution in [0.1, 0.15) is 12.0 Å². The normalized spacial score (nSPS) is 14.9. The second-order valence-corrected chi connectivity index (χ2v) is 3.90. The first-order valence-electron chi connectivity index (χ1n) is 5.32. The highest BCUT2D eigenvalue weighted by Gasteiger charge is 2.19. The van der Waals surface area contributed by atoms with Gasteiger partial charge in [-0.2, -0.15) is 0 Å². The molecule has 2 aromatic rings. The fourth-order valence-electron chi connectivity index (χ4n) is 2.14. The van der Waals surface area contributed by atoms with Crippen molar-refractivity contribution in [1.82, 2.24) is 15.0 Å². The summed E-state index contributed by atoms with van der Waals surface area (Å²) < 4.78 is 0. The van der Waals surface area contributed by atoms with Crippen molar-refractivity contribution in [2.45, 2.75) is 12.8 Å². The quantitative estimate of drug-likeness (QED) is 0.752. The SMILES string of the molecule is O=c1cc2c(c[nH]1)CCCN2c1cnc[nH]1. The van der Waals surface area contributed by atoms with Crippen LogP contribution in [0.2, 0.25) is 0 Å². The lowest BCUT2D eigenvalue weighted by atomic mass is 10.0. The van der Waals surface area contributed by atoms with Crippen LogP contribution in [-0.4, -0.2) is 21.5 Å². The Hall–Kier alpha value is -2.04. The molecule has 0 aromatic carbocycles. The van der Waals surface area contributed by atoms with Crippen LogP contribution < -0.4 is 10.5 Å². The van der Waals surface area contributed by atoms with Gasteiger partial charge in [0.1, 0.15) is 5.82 Å². The maximum absolute atomic E-state index is 11.3. The van der Waals surface area contributed by atoms with Gasteiger partial charge in [-0.05, 0) is 18.4 Å². The van der Waals surface area contributed by atoms with E-state index in [0.717, 1.165) is 30.9 Å². The number of anilines is 2. The molecule has 0 fully saturated rings.